The zero-order valence-corrected chi connectivity index (χ0v) is 13.9. The quantitative estimate of drug-likeness (QED) is 0.867. The Morgan fingerprint density at radius 1 is 1.14 bits per heavy atom. The monoisotopic (exact) mass is 291 g/mol. The van der Waals surface area contributed by atoms with Gasteiger partial charge in [-0.3, -0.25) is 0 Å². The second-order valence-corrected chi connectivity index (χ2v) is 6.58. The number of morpholine rings is 1. The van der Waals surface area contributed by atoms with Crippen molar-refractivity contribution in [1.82, 2.24) is 10.2 Å². The fourth-order valence-corrected chi connectivity index (χ4v) is 2.32. The molecule has 1 aliphatic heterocycles. The zero-order valence-electron chi connectivity index (χ0n) is 13.9. The summed E-state index contributed by atoms with van der Waals surface area (Å²) >= 11 is 0. The topological polar surface area (TPSA) is 27.7 Å². The number of ether oxygens (including phenoxy) is 1. The van der Waals surface area contributed by atoms with Crippen LogP contribution in [-0.2, 0) is 11.3 Å². The lowest BCUT2D eigenvalue weighted by molar-refractivity contribution is 0.122. The maximum absolute atomic E-state index is 5.39. The summed E-state index contributed by atoms with van der Waals surface area (Å²) in [5, 5.41) is 3.55. The van der Waals surface area contributed by atoms with E-state index in [1.807, 2.05) is 0 Å². The third-order valence-corrected chi connectivity index (χ3v) is 4.41. The van der Waals surface area contributed by atoms with E-state index in [-0.39, 0.29) is 5.54 Å². The van der Waals surface area contributed by atoms with Crippen molar-refractivity contribution < 1.29 is 4.74 Å². The van der Waals surface area contributed by atoms with Gasteiger partial charge < -0.3 is 19.9 Å². The number of benzene rings is 1. The molecule has 0 amide bonds. The van der Waals surface area contributed by atoms with Gasteiger partial charge in [0.15, 0.2) is 0 Å². The minimum Gasteiger partial charge on any atom is -0.378 e. The summed E-state index contributed by atoms with van der Waals surface area (Å²) in [5.41, 5.74) is 2.81. The lowest BCUT2D eigenvalue weighted by Crippen LogP contribution is -2.46. The summed E-state index contributed by atoms with van der Waals surface area (Å²) in [6.45, 7) is 10.1. The SMILES string of the molecule is CN(C)C(C)(C)CNCc1ccc(N2CCOCC2)cc1. The van der Waals surface area contributed by atoms with Crippen LogP contribution < -0.4 is 10.2 Å². The molecule has 1 saturated heterocycles. The summed E-state index contributed by atoms with van der Waals surface area (Å²) in [5.74, 6) is 0. The van der Waals surface area contributed by atoms with Crippen molar-refractivity contribution in [2.24, 2.45) is 0 Å². The fraction of sp³-hybridized carbons (Fsp3) is 0.647. The smallest absolute Gasteiger partial charge is 0.0642 e. The van der Waals surface area contributed by atoms with E-state index in [9.17, 15) is 0 Å². The molecule has 0 radical (unpaired) electrons. The van der Waals surface area contributed by atoms with Crippen LogP contribution in [0.15, 0.2) is 24.3 Å². The Bertz CT molecular complexity index is 422. The van der Waals surface area contributed by atoms with Gasteiger partial charge in [0.2, 0.25) is 0 Å². The Hall–Kier alpha value is -1.10. The van der Waals surface area contributed by atoms with Crippen molar-refractivity contribution >= 4 is 5.69 Å². The minimum atomic E-state index is 0.174. The number of likely N-dealkylation sites (N-methyl/N-ethyl adjacent to an activating group) is 1. The summed E-state index contributed by atoms with van der Waals surface area (Å²) in [7, 11) is 4.25. The van der Waals surface area contributed by atoms with Gasteiger partial charge in [-0.1, -0.05) is 12.1 Å². The molecular formula is C17H29N3O. The number of rotatable bonds is 6. The molecule has 21 heavy (non-hydrogen) atoms. The molecule has 0 aromatic heterocycles. The van der Waals surface area contributed by atoms with Gasteiger partial charge in [-0.05, 0) is 45.6 Å². The molecule has 0 unspecified atom stereocenters. The third kappa shape index (κ3) is 4.70. The van der Waals surface area contributed by atoms with Crippen LogP contribution in [0.2, 0.25) is 0 Å². The first-order valence-electron chi connectivity index (χ1n) is 7.79. The van der Waals surface area contributed by atoms with Crippen LogP contribution >= 0.6 is 0 Å². The molecule has 1 aromatic rings. The zero-order chi connectivity index (χ0) is 15.3. The molecule has 4 nitrogen and oxygen atoms in total. The molecule has 1 fully saturated rings. The van der Waals surface area contributed by atoms with Crippen molar-refractivity contribution in [1.29, 1.82) is 0 Å². The van der Waals surface area contributed by atoms with Crippen LogP contribution in [0.4, 0.5) is 5.69 Å². The first kappa shape index (κ1) is 16.3. The van der Waals surface area contributed by atoms with Gasteiger partial charge in [-0.25, -0.2) is 0 Å². The Kier molecular flexibility index (Phi) is 5.62. The van der Waals surface area contributed by atoms with E-state index in [0.717, 1.165) is 39.4 Å². The van der Waals surface area contributed by atoms with Gasteiger partial charge in [-0.15, -0.1) is 0 Å². The lowest BCUT2D eigenvalue weighted by atomic mass is 10.0. The van der Waals surface area contributed by atoms with Gasteiger partial charge in [0.1, 0.15) is 0 Å². The largest absolute Gasteiger partial charge is 0.378 e. The van der Waals surface area contributed by atoms with E-state index in [2.05, 4.69) is 67.3 Å². The number of nitrogens with one attached hydrogen (secondary N) is 1. The Balaban J connectivity index is 1.82. The van der Waals surface area contributed by atoms with E-state index >= 15 is 0 Å². The van der Waals surface area contributed by atoms with E-state index in [1.54, 1.807) is 0 Å². The molecule has 1 N–H and O–H groups in total. The molecule has 1 aliphatic rings. The molecular weight excluding hydrogens is 262 g/mol. The lowest BCUT2D eigenvalue weighted by Gasteiger charge is -2.32. The van der Waals surface area contributed by atoms with Crippen LogP contribution in [0.5, 0.6) is 0 Å². The van der Waals surface area contributed by atoms with Crippen LogP contribution in [0.3, 0.4) is 0 Å². The predicted octanol–water partition coefficient (Wildman–Crippen LogP) is 1.95. The van der Waals surface area contributed by atoms with Crippen molar-refractivity contribution in [3.8, 4) is 0 Å². The molecule has 1 aromatic carbocycles. The predicted molar refractivity (Wildman–Crippen MR) is 88.9 cm³/mol. The number of hydrogen-bond acceptors (Lipinski definition) is 4. The Morgan fingerprint density at radius 3 is 2.33 bits per heavy atom. The highest BCUT2D eigenvalue weighted by molar-refractivity contribution is 5.47. The number of anilines is 1. The fourth-order valence-electron chi connectivity index (χ4n) is 2.32. The van der Waals surface area contributed by atoms with Gasteiger partial charge >= 0.3 is 0 Å². The minimum absolute atomic E-state index is 0.174. The van der Waals surface area contributed by atoms with E-state index in [4.69, 9.17) is 4.74 Å². The first-order valence-corrected chi connectivity index (χ1v) is 7.79. The average Bonchev–Trinajstić information content (AvgIpc) is 2.48. The Labute approximate surface area is 129 Å². The molecule has 2 rings (SSSR count). The second kappa shape index (κ2) is 7.25. The molecule has 0 bridgehead atoms. The van der Waals surface area contributed by atoms with Gasteiger partial charge in [0.05, 0.1) is 13.2 Å². The van der Waals surface area contributed by atoms with Gasteiger partial charge in [0, 0.05) is 37.4 Å². The molecule has 0 spiro atoms. The molecule has 0 atom stereocenters. The summed E-state index contributed by atoms with van der Waals surface area (Å²) in [6.07, 6.45) is 0. The summed E-state index contributed by atoms with van der Waals surface area (Å²) in [6, 6.07) is 8.89. The normalized spacial score (nSPS) is 16.5. The van der Waals surface area contributed by atoms with Crippen LogP contribution in [0.1, 0.15) is 19.4 Å². The van der Waals surface area contributed by atoms with Crippen molar-refractivity contribution in [3.63, 3.8) is 0 Å². The standard InChI is InChI=1S/C17H29N3O/c1-17(2,19(3)4)14-18-13-15-5-7-16(8-6-15)20-9-11-21-12-10-20/h5-8,18H,9-14H2,1-4H3. The number of nitrogens with zero attached hydrogens (tertiary/aromatic N) is 2. The Morgan fingerprint density at radius 2 is 1.76 bits per heavy atom. The summed E-state index contributed by atoms with van der Waals surface area (Å²) in [4.78, 5) is 4.64. The first-order chi connectivity index (χ1) is 9.99. The number of hydrogen-bond donors (Lipinski definition) is 1. The maximum atomic E-state index is 5.39. The van der Waals surface area contributed by atoms with E-state index in [0.29, 0.717) is 0 Å². The highest BCUT2D eigenvalue weighted by Crippen LogP contribution is 2.16. The average molecular weight is 291 g/mol. The maximum Gasteiger partial charge on any atom is 0.0642 e. The van der Waals surface area contributed by atoms with Crippen LogP contribution in [0, 0.1) is 0 Å². The van der Waals surface area contributed by atoms with Crippen LogP contribution in [-0.4, -0.2) is 57.4 Å². The summed E-state index contributed by atoms with van der Waals surface area (Å²) < 4.78 is 5.39. The van der Waals surface area contributed by atoms with Crippen molar-refractivity contribution in [2.45, 2.75) is 25.9 Å². The van der Waals surface area contributed by atoms with E-state index < -0.39 is 0 Å². The molecule has 1 heterocycles. The highest BCUT2D eigenvalue weighted by atomic mass is 16.5. The van der Waals surface area contributed by atoms with Crippen LogP contribution in [0.25, 0.3) is 0 Å². The van der Waals surface area contributed by atoms with Gasteiger partial charge in [0.25, 0.3) is 0 Å². The van der Waals surface area contributed by atoms with Gasteiger partial charge in [-0.2, -0.15) is 0 Å². The van der Waals surface area contributed by atoms with Crippen molar-refractivity contribution in [3.05, 3.63) is 29.8 Å². The third-order valence-electron chi connectivity index (χ3n) is 4.41. The molecule has 0 saturated carbocycles. The molecule has 4 heteroatoms. The van der Waals surface area contributed by atoms with Crippen molar-refractivity contribution in [2.75, 3.05) is 51.8 Å². The molecule has 0 aliphatic carbocycles. The van der Waals surface area contributed by atoms with E-state index in [1.165, 1.54) is 11.3 Å². The second-order valence-electron chi connectivity index (χ2n) is 6.58. The molecule has 118 valence electrons. The highest BCUT2D eigenvalue weighted by Gasteiger charge is 2.19.